The van der Waals surface area contributed by atoms with Crippen molar-refractivity contribution >= 4 is 6.03 Å². The Morgan fingerprint density at radius 3 is 2.92 bits per heavy atom. The molecule has 24 heavy (non-hydrogen) atoms. The minimum absolute atomic E-state index is 0.0768. The molecular weight excluding hydrogens is 300 g/mol. The number of nitrogens with one attached hydrogen (secondary N) is 1. The minimum Gasteiger partial charge on any atom is -0.338 e. The van der Waals surface area contributed by atoms with Crippen molar-refractivity contribution in [2.24, 2.45) is 5.92 Å². The summed E-state index contributed by atoms with van der Waals surface area (Å²) >= 11 is 0. The number of aryl methyl sites for hydroxylation is 2. The van der Waals surface area contributed by atoms with Crippen LogP contribution in [0, 0.1) is 12.8 Å². The van der Waals surface area contributed by atoms with E-state index in [0.29, 0.717) is 12.5 Å². The summed E-state index contributed by atoms with van der Waals surface area (Å²) in [7, 11) is 0. The highest BCUT2D eigenvalue weighted by molar-refractivity contribution is 5.74. The van der Waals surface area contributed by atoms with Crippen LogP contribution in [-0.4, -0.2) is 40.1 Å². The SMILES string of the molecule is Cc1nccn1CCCNC(=O)N1CC[C@H](Cc2ccccc2)C1. The zero-order chi connectivity index (χ0) is 16.8. The molecule has 1 aromatic carbocycles. The maximum atomic E-state index is 12.3. The van der Waals surface area contributed by atoms with E-state index in [-0.39, 0.29) is 6.03 Å². The van der Waals surface area contributed by atoms with Crippen molar-refractivity contribution in [2.45, 2.75) is 32.7 Å². The number of hydrogen-bond acceptors (Lipinski definition) is 2. The van der Waals surface area contributed by atoms with Crippen molar-refractivity contribution in [3.05, 3.63) is 54.1 Å². The van der Waals surface area contributed by atoms with Crippen molar-refractivity contribution in [1.82, 2.24) is 19.8 Å². The lowest BCUT2D eigenvalue weighted by Crippen LogP contribution is -2.39. The molecule has 1 N–H and O–H groups in total. The number of imidazole rings is 1. The Morgan fingerprint density at radius 2 is 2.17 bits per heavy atom. The topological polar surface area (TPSA) is 50.2 Å². The lowest BCUT2D eigenvalue weighted by molar-refractivity contribution is 0.206. The summed E-state index contributed by atoms with van der Waals surface area (Å²) in [5, 5.41) is 3.04. The summed E-state index contributed by atoms with van der Waals surface area (Å²) in [6, 6.07) is 10.6. The molecule has 2 heterocycles. The number of rotatable bonds is 6. The van der Waals surface area contributed by atoms with Gasteiger partial charge in [0.2, 0.25) is 0 Å². The van der Waals surface area contributed by atoms with Gasteiger partial charge >= 0.3 is 6.03 Å². The fraction of sp³-hybridized carbons (Fsp3) is 0.474. The molecule has 2 amide bonds. The summed E-state index contributed by atoms with van der Waals surface area (Å²) < 4.78 is 2.11. The highest BCUT2D eigenvalue weighted by Crippen LogP contribution is 2.20. The molecule has 1 aliphatic heterocycles. The number of nitrogens with zero attached hydrogens (tertiary/aromatic N) is 3. The number of amides is 2. The average molecular weight is 326 g/mol. The zero-order valence-corrected chi connectivity index (χ0v) is 14.3. The summed E-state index contributed by atoms with van der Waals surface area (Å²) in [6.45, 7) is 5.32. The average Bonchev–Trinajstić information content (AvgIpc) is 3.22. The number of benzene rings is 1. The third-order valence-electron chi connectivity index (χ3n) is 4.72. The second kappa shape index (κ2) is 7.99. The van der Waals surface area contributed by atoms with Crippen LogP contribution in [0.1, 0.15) is 24.2 Å². The Bertz CT molecular complexity index is 652. The number of aromatic nitrogens is 2. The molecule has 0 unspecified atom stereocenters. The van der Waals surface area contributed by atoms with Crippen LogP contribution in [0.3, 0.4) is 0 Å². The minimum atomic E-state index is 0.0768. The third-order valence-corrected chi connectivity index (χ3v) is 4.72. The van der Waals surface area contributed by atoms with E-state index in [4.69, 9.17) is 0 Å². The Kier molecular flexibility index (Phi) is 5.51. The van der Waals surface area contributed by atoms with Gasteiger partial charge in [-0.25, -0.2) is 9.78 Å². The fourth-order valence-corrected chi connectivity index (χ4v) is 3.33. The quantitative estimate of drug-likeness (QED) is 0.830. The molecule has 0 spiro atoms. The maximum absolute atomic E-state index is 12.3. The van der Waals surface area contributed by atoms with E-state index < -0.39 is 0 Å². The van der Waals surface area contributed by atoms with Crippen molar-refractivity contribution in [3.63, 3.8) is 0 Å². The summed E-state index contributed by atoms with van der Waals surface area (Å²) in [6.07, 6.45) is 6.86. The second-order valence-electron chi connectivity index (χ2n) is 6.54. The predicted octanol–water partition coefficient (Wildman–Crippen LogP) is 2.86. The van der Waals surface area contributed by atoms with Gasteiger partial charge in [0.15, 0.2) is 0 Å². The van der Waals surface area contributed by atoms with Gasteiger partial charge < -0.3 is 14.8 Å². The van der Waals surface area contributed by atoms with E-state index in [1.807, 2.05) is 30.3 Å². The van der Waals surface area contributed by atoms with Crippen LogP contribution in [0.25, 0.3) is 0 Å². The Labute approximate surface area is 143 Å². The van der Waals surface area contributed by atoms with Crippen molar-refractivity contribution in [2.75, 3.05) is 19.6 Å². The molecule has 3 rings (SSSR count). The first-order chi connectivity index (χ1) is 11.7. The van der Waals surface area contributed by atoms with Gasteiger partial charge in [0, 0.05) is 38.6 Å². The molecule has 0 aliphatic carbocycles. The Balaban J connectivity index is 1.36. The van der Waals surface area contributed by atoms with Crippen LogP contribution in [0.4, 0.5) is 4.79 Å². The van der Waals surface area contributed by atoms with Crippen LogP contribution in [0.15, 0.2) is 42.7 Å². The molecule has 2 aromatic rings. The molecular formula is C19H26N4O. The highest BCUT2D eigenvalue weighted by atomic mass is 16.2. The Morgan fingerprint density at radius 1 is 1.33 bits per heavy atom. The van der Waals surface area contributed by atoms with Gasteiger partial charge in [-0.3, -0.25) is 0 Å². The van der Waals surface area contributed by atoms with Crippen molar-refractivity contribution in [1.29, 1.82) is 0 Å². The molecule has 0 saturated carbocycles. The lowest BCUT2D eigenvalue weighted by atomic mass is 9.99. The van der Waals surface area contributed by atoms with Crippen LogP contribution >= 0.6 is 0 Å². The predicted molar refractivity (Wildman–Crippen MR) is 94.8 cm³/mol. The normalized spacial score (nSPS) is 17.2. The third kappa shape index (κ3) is 4.37. The van der Waals surface area contributed by atoms with E-state index >= 15 is 0 Å². The van der Waals surface area contributed by atoms with Gasteiger partial charge in [0.05, 0.1) is 0 Å². The lowest BCUT2D eigenvalue weighted by Gasteiger charge is -2.17. The largest absolute Gasteiger partial charge is 0.338 e. The number of carbonyl (C=O) groups is 1. The number of hydrogen-bond donors (Lipinski definition) is 1. The van der Waals surface area contributed by atoms with Crippen molar-refractivity contribution in [3.8, 4) is 0 Å². The highest BCUT2D eigenvalue weighted by Gasteiger charge is 2.25. The molecule has 0 radical (unpaired) electrons. The standard InChI is InChI=1S/C19H26N4O/c1-16-20-10-13-22(16)11-5-9-21-19(24)23-12-8-18(15-23)14-17-6-3-2-4-7-17/h2-4,6-7,10,13,18H,5,8-9,11-12,14-15H2,1H3,(H,21,24)/t18-/m1/s1. The van der Waals surface area contributed by atoms with Gasteiger partial charge in [-0.15, -0.1) is 0 Å². The van der Waals surface area contributed by atoms with Gasteiger partial charge in [-0.1, -0.05) is 30.3 Å². The maximum Gasteiger partial charge on any atom is 0.317 e. The number of urea groups is 1. The second-order valence-corrected chi connectivity index (χ2v) is 6.54. The van der Waals surface area contributed by atoms with Gasteiger partial charge in [0.1, 0.15) is 5.82 Å². The molecule has 0 bridgehead atoms. The Hall–Kier alpha value is -2.30. The molecule has 5 nitrogen and oxygen atoms in total. The zero-order valence-electron chi connectivity index (χ0n) is 14.3. The fourth-order valence-electron chi connectivity index (χ4n) is 3.33. The number of carbonyl (C=O) groups excluding carboxylic acids is 1. The molecule has 5 heteroatoms. The smallest absolute Gasteiger partial charge is 0.317 e. The first kappa shape index (κ1) is 16.6. The molecule has 1 aliphatic rings. The molecule has 1 aromatic heterocycles. The van der Waals surface area contributed by atoms with Crippen LogP contribution in [-0.2, 0) is 13.0 Å². The van der Waals surface area contributed by atoms with Crippen LogP contribution in [0.2, 0.25) is 0 Å². The number of likely N-dealkylation sites (tertiary alicyclic amines) is 1. The first-order valence-corrected chi connectivity index (χ1v) is 8.77. The monoisotopic (exact) mass is 326 g/mol. The van der Waals surface area contributed by atoms with E-state index in [2.05, 4.69) is 39.1 Å². The van der Waals surface area contributed by atoms with E-state index in [1.54, 1.807) is 0 Å². The molecule has 1 fully saturated rings. The van der Waals surface area contributed by atoms with Crippen LogP contribution in [0.5, 0.6) is 0 Å². The summed E-state index contributed by atoms with van der Waals surface area (Å²) in [5.41, 5.74) is 1.36. The summed E-state index contributed by atoms with van der Waals surface area (Å²) in [4.78, 5) is 18.4. The summed E-state index contributed by atoms with van der Waals surface area (Å²) in [5.74, 6) is 1.59. The van der Waals surface area contributed by atoms with Gasteiger partial charge in [-0.05, 0) is 37.7 Å². The molecule has 1 atom stereocenters. The first-order valence-electron chi connectivity index (χ1n) is 8.77. The molecule has 1 saturated heterocycles. The molecule has 128 valence electrons. The van der Waals surface area contributed by atoms with E-state index in [9.17, 15) is 4.79 Å². The van der Waals surface area contributed by atoms with E-state index in [1.165, 1.54) is 5.56 Å². The van der Waals surface area contributed by atoms with Gasteiger partial charge in [-0.2, -0.15) is 0 Å². The van der Waals surface area contributed by atoms with E-state index in [0.717, 1.165) is 44.7 Å². The van der Waals surface area contributed by atoms with Crippen molar-refractivity contribution < 1.29 is 4.79 Å². The van der Waals surface area contributed by atoms with Gasteiger partial charge in [0.25, 0.3) is 0 Å². The van der Waals surface area contributed by atoms with Crippen LogP contribution < -0.4 is 5.32 Å².